The lowest BCUT2D eigenvalue weighted by atomic mass is 9.86. The van der Waals surface area contributed by atoms with Crippen molar-refractivity contribution >= 4 is 30.5 Å². The average Bonchev–Trinajstić information content (AvgIpc) is 2.91. The number of amides is 2. The van der Waals surface area contributed by atoms with E-state index in [2.05, 4.69) is 30.6 Å². The van der Waals surface area contributed by atoms with E-state index in [0.29, 0.717) is 0 Å². The Hall–Kier alpha value is -3.40. The molecule has 2 aromatic rings. The van der Waals surface area contributed by atoms with Gasteiger partial charge in [-0.25, -0.2) is 0 Å². The van der Waals surface area contributed by atoms with Crippen molar-refractivity contribution in [3.8, 4) is 12.3 Å². The molecule has 0 radical (unpaired) electrons. The lowest BCUT2D eigenvalue weighted by Crippen LogP contribution is -2.65. The van der Waals surface area contributed by atoms with E-state index in [-0.39, 0.29) is 16.9 Å². The number of hydrogen-bond acceptors (Lipinski definition) is 3. The molecule has 0 bridgehead atoms. The van der Waals surface area contributed by atoms with Crippen molar-refractivity contribution in [2.24, 2.45) is 11.3 Å². The number of carbonyl (C=O) groups is 2. The molecule has 2 atom stereocenters. The first-order valence-electron chi connectivity index (χ1n) is 13.5. The van der Waals surface area contributed by atoms with Crippen molar-refractivity contribution < 1.29 is 14.4 Å². The van der Waals surface area contributed by atoms with Gasteiger partial charge in [0, 0.05) is 0 Å². The Morgan fingerprint density at radius 2 is 1.46 bits per heavy atom. The molecule has 208 valence electrons. The normalized spacial score (nSPS) is 14.1. The number of carbonyl (C=O) groups excluding carboxylic acids is 2. The van der Waals surface area contributed by atoms with Crippen LogP contribution in [0.4, 0.5) is 0 Å². The molecule has 0 aliphatic heterocycles. The van der Waals surface area contributed by atoms with E-state index in [4.69, 9.17) is 6.42 Å². The zero-order chi connectivity index (χ0) is 29.1. The Morgan fingerprint density at radius 3 is 1.92 bits per heavy atom. The molecular formula is C33H44N2O3Si. The second-order valence-corrected chi connectivity index (χ2v) is 15.7. The van der Waals surface area contributed by atoms with Gasteiger partial charge in [0.15, 0.2) is 0 Å². The molecular weight excluding hydrogens is 500 g/mol. The van der Waals surface area contributed by atoms with Crippen LogP contribution in [0.15, 0.2) is 85.1 Å². The van der Waals surface area contributed by atoms with Crippen molar-refractivity contribution in [2.45, 2.75) is 71.9 Å². The first kappa shape index (κ1) is 31.8. The third-order valence-electron chi connectivity index (χ3n) is 7.21. The molecule has 3 N–H and O–H groups in total. The molecule has 2 aromatic carbocycles. The summed E-state index contributed by atoms with van der Waals surface area (Å²) >= 11 is 0. The SMILES string of the molecule is C#CC(=O)N[C@H](C(=O)N/C=C\C[C@H](C/C=C\C)CC(C)(C)[Si](O)(c1ccccc1)c1ccccc1)C(C)(C)C. The van der Waals surface area contributed by atoms with Crippen LogP contribution in [0, 0.1) is 23.7 Å². The quantitative estimate of drug-likeness (QED) is 0.206. The largest absolute Gasteiger partial charge is 0.424 e. The van der Waals surface area contributed by atoms with Crippen LogP contribution >= 0.6 is 0 Å². The van der Waals surface area contributed by atoms with Gasteiger partial charge >= 0.3 is 0 Å². The average molecular weight is 545 g/mol. The highest BCUT2D eigenvalue weighted by Crippen LogP contribution is 2.43. The third kappa shape index (κ3) is 8.54. The molecule has 2 amide bonds. The first-order chi connectivity index (χ1) is 18.4. The van der Waals surface area contributed by atoms with E-state index in [1.165, 1.54) is 0 Å². The van der Waals surface area contributed by atoms with Gasteiger partial charge in [-0.15, -0.1) is 6.42 Å². The number of nitrogens with one attached hydrogen (secondary N) is 2. The zero-order valence-corrected chi connectivity index (χ0v) is 25.2. The van der Waals surface area contributed by atoms with Crippen molar-refractivity contribution in [3.05, 3.63) is 85.1 Å². The highest BCUT2D eigenvalue weighted by Gasteiger charge is 2.50. The second kappa shape index (κ2) is 14.1. The van der Waals surface area contributed by atoms with E-state index < -0.39 is 25.7 Å². The maximum atomic E-state index is 12.8. The van der Waals surface area contributed by atoms with E-state index >= 15 is 0 Å². The minimum Gasteiger partial charge on any atom is -0.424 e. The zero-order valence-electron chi connectivity index (χ0n) is 24.2. The van der Waals surface area contributed by atoms with Crippen LogP contribution in [-0.2, 0) is 9.59 Å². The predicted octanol–water partition coefficient (Wildman–Crippen LogP) is 4.68. The van der Waals surface area contributed by atoms with Crippen LogP contribution in [0.1, 0.15) is 60.8 Å². The Balaban J connectivity index is 2.25. The van der Waals surface area contributed by atoms with Crippen LogP contribution in [0.25, 0.3) is 0 Å². The molecule has 0 saturated carbocycles. The van der Waals surface area contributed by atoms with Gasteiger partial charge in [0.1, 0.15) is 6.04 Å². The van der Waals surface area contributed by atoms with Gasteiger partial charge in [0.2, 0.25) is 5.91 Å². The fourth-order valence-corrected chi connectivity index (χ4v) is 8.93. The molecule has 0 fully saturated rings. The molecule has 0 unspecified atom stereocenters. The Morgan fingerprint density at radius 1 is 0.949 bits per heavy atom. The molecule has 0 saturated heterocycles. The Kier molecular flexibility index (Phi) is 11.5. The molecule has 0 heterocycles. The molecule has 2 rings (SSSR count). The summed E-state index contributed by atoms with van der Waals surface area (Å²) in [6, 6.07) is 19.3. The lowest BCUT2D eigenvalue weighted by molar-refractivity contribution is -0.128. The summed E-state index contributed by atoms with van der Waals surface area (Å²) in [5, 5.41) is 7.04. The summed E-state index contributed by atoms with van der Waals surface area (Å²) in [6.45, 7) is 12.0. The van der Waals surface area contributed by atoms with Crippen LogP contribution in [0.2, 0.25) is 5.04 Å². The second-order valence-electron chi connectivity index (χ2n) is 11.8. The molecule has 0 aliphatic rings. The summed E-state index contributed by atoms with van der Waals surface area (Å²) in [7, 11) is -3.13. The summed E-state index contributed by atoms with van der Waals surface area (Å²) in [5.74, 6) is 1.32. The molecule has 0 aliphatic carbocycles. The summed E-state index contributed by atoms with van der Waals surface area (Å²) in [6.07, 6.45) is 15.4. The van der Waals surface area contributed by atoms with Gasteiger partial charge in [0.05, 0.1) is 0 Å². The van der Waals surface area contributed by atoms with E-state index in [1.54, 1.807) is 6.20 Å². The number of allylic oxidation sites excluding steroid dienone is 3. The minimum atomic E-state index is -3.13. The van der Waals surface area contributed by atoms with Crippen LogP contribution in [-0.4, -0.2) is 31.0 Å². The molecule has 0 spiro atoms. The Labute approximate surface area is 235 Å². The maximum Gasteiger partial charge on any atom is 0.296 e. The number of terminal acetylenes is 1. The highest BCUT2D eigenvalue weighted by atomic mass is 28.4. The van der Waals surface area contributed by atoms with Crippen molar-refractivity contribution in [2.75, 3.05) is 0 Å². The monoisotopic (exact) mass is 544 g/mol. The standard InChI is InChI=1S/C33H44N2O3Si/c1-8-10-18-26(19-17-24-34-31(37)30(32(3,4)5)35-29(36)9-2)25-33(6,7)39(38,27-20-13-11-14-21-27)28-22-15-12-16-23-28/h2,8,10-17,20-24,26,30,38H,18-19,25H2,1,3-7H3,(H,34,37)(H,35,36)/b10-8-,24-17-/t26-,30+/m0/s1. The van der Waals surface area contributed by atoms with Crippen LogP contribution in [0.3, 0.4) is 0 Å². The van der Waals surface area contributed by atoms with Gasteiger partial charge in [-0.2, -0.15) is 0 Å². The smallest absolute Gasteiger partial charge is 0.296 e. The van der Waals surface area contributed by atoms with Gasteiger partial charge < -0.3 is 15.4 Å². The summed E-state index contributed by atoms with van der Waals surface area (Å²) in [5.41, 5.74) is -0.507. The fraction of sp³-hybridized carbons (Fsp3) is 0.394. The van der Waals surface area contributed by atoms with E-state index in [9.17, 15) is 14.4 Å². The molecule has 0 aromatic heterocycles. The van der Waals surface area contributed by atoms with E-state index in [1.807, 2.05) is 106 Å². The van der Waals surface area contributed by atoms with Crippen molar-refractivity contribution in [1.82, 2.24) is 10.6 Å². The predicted molar refractivity (Wildman–Crippen MR) is 164 cm³/mol. The molecule has 6 heteroatoms. The molecule has 39 heavy (non-hydrogen) atoms. The number of hydrogen-bond donors (Lipinski definition) is 3. The topological polar surface area (TPSA) is 78.4 Å². The summed E-state index contributed by atoms with van der Waals surface area (Å²) in [4.78, 5) is 37.1. The van der Waals surface area contributed by atoms with Crippen molar-refractivity contribution in [1.29, 1.82) is 0 Å². The van der Waals surface area contributed by atoms with Crippen molar-refractivity contribution in [3.63, 3.8) is 0 Å². The fourth-order valence-electron chi connectivity index (χ4n) is 5.10. The van der Waals surface area contributed by atoms with Crippen LogP contribution in [0.5, 0.6) is 0 Å². The van der Waals surface area contributed by atoms with Gasteiger partial charge in [0.25, 0.3) is 14.2 Å². The minimum absolute atomic E-state index is 0.246. The number of benzene rings is 2. The summed E-state index contributed by atoms with van der Waals surface area (Å²) < 4.78 is 0. The van der Waals surface area contributed by atoms with E-state index in [0.717, 1.165) is 29.6 Å². The number of rotatable bonds is 12. The van der Waals surface area contributed by atoms with Crippen LogP contribution < -0.4 is 21.0 Å². The lowest BCUT2D eigenvalue weighted by Gasteiger charge is -2.43. The third-order valence-corrected chi connectivity index (χ3v) is 11.7. The Bertz CT molecular complexity index is 1140. The van der Waals surface area contributed by atoms with Gasteiger partial charge in [-0.3, -0.25) is 9.59 Å². The van der Waals surface area contributed by atoms with Gasteiger partial charge in [-0.1, -0.05) is 114 Å². The first-order valence-corrected chi connectivity index (χ1v) is 15.5. The highest BCUT2D eigenvalue weighted by molar-refractivity contribution is 6.98. The molecule has 5 nitrogen and oxygen atoms in total. The maximum absolute atomic E-state index is 12.8. The van der Waals surface area contributed by atoms with Gasteiger partial charge in [-0.05, 0) is 65.1 Å².